The van der Waals surface area contributed by atoms with E-state index in [2.05, 4.69) is 26.1 Å². The van der Waals surface area contributed by atoms with Gasteiger partial charge >= 0.3 is 0 Å². The van der Waals surface area contributed by atoms with Gasteiger partial charge in [0.05, 0.1) is 11.7 Å². The minimum Gasteiger partial charge on any atom is -0.393 e. The number of carbonyl (C=O) groups is 1. The van der Waals surface area contributed by atoms with Gasteiger partial charge in [0, 0.05) is 16.8 Å². The minimum atomic E-state index is -0.340. The lowest BCUT2D eigenvalue weighted by Crippen LogP contribution is -2.36. The Bertz CT molecular complexity index is 505. The fraction of sp³-hybridized carbons (Fsp3) is 0.706. The molecule has 0 aromatic carbocycles. The number of aliphatic hydroxyl groups excluding tert-OH is 1. The van der Waals surface area contributed by atoms with Crippen molar-refractivity contribution in [1.29, 1.82) is 0 Å². The molecule has 21 heavy (non-hydrogen) atoms. The van der Waals surface area contributed by atoms with Crippen LogP contribution in [0.25, 0.3) is 0 Å². The average molecular weight is 309 g/mol. The van der Waals surface area contributed by atoms with Gasteiger partial charge in [-0.05, 0) is 49.5 Å². The second kappa shape index (κ2) is 6.49. The third-order valence-electron chi connectivity index (χ3n) is 4.22. The normalized spacial score (nSPS) is 20.0. The lowest BCUT2D eigenvalue weighted by molar-refractivity contribution is 0.0901. The summed E-state index contributed by atoms with van der Waals surface area (Å²) in [5.41, 5.74) is 2.05. The van der Waals surface area contributed by atoms with Crippen LogP contribution in [-0.4, -0.2) is 23.7 Å². The number of fused-ring (bicyclic) bond motifs is 1. The predicted octanol–water partition coefficient (Wildman–Crippen LogP) is 3.40. The van der Waals surface area contributed by atoms with Crippen molar-refractivity contribution >= 4 is 17.2 Å². The van der Waals surface area contributed by atoms with Crippen LogP contribution in [0.1, 0.15) is 61.3 Å². The van der Waals surface area contributed by atoms with Crippen LogP contribution in [0.15, 0.2) is 5.38 Å². The number of hydrogen-bond acceptors (Lipinski definition) is 3. The largest absolute Gasteiger partial charge is 0.393 e. The van der Waals surface area contributed by atoms with E-state index >= 15 is 0 Å². The lowest BCUT2D eigenvalue weighted by Gasteiger charge is -2.26. The molecule has 1 aromatic rings. The van der Waals surface area contributed by atoms with E-state index < -0.39 is 0 Å². The maximum atomic E-state index is 12.4. The summed E-state index contributed by atoms with van der Waals surface area (Å²) in [6, 6.07) is 0. The number of amides is 1. The third kappa shape index (κ3) is 4.30. The zero-order valence-corrected chi connectivity index (χ0v) is 14.3. The predicted molar refractivity (Wildman–Crippen MR) is 87.9 cm³/mol. The van der Waals surface area contributed by atoms with Crippen molar-refractivity contribution in [2.75, 3.05) is 6.54 Å². The van der Waals surface area contributed by atoms with E-state index in [4.69, 9.17) is 0 Å². The van der Waals surface area contributed by atoms with Gasteiger partial charge in [0.1, 0.15) is 0 Å². The highest BCUT2D eigenvalue weighted by Crippen LogP contribution is 2.33. The van der Waals surface area contributed by atoms with E-state index in [1.54, 1.807) is 18.3 Å². The number of carbonyl (C=O) groups excluding carboxylic acids is 1. The molecule has 2 rings (SSSR count). The van der Waals surface area contributed by atoms with E-state index in [0.29, 0.717) is 13.0 Å². The highest BCUT2D eigenvalue weighted by molar-refractivity contribution is 7.10. The first-order chi connectivity index (χ1) is 9.78. The first-order valence-electron chi connectivity index (χ1n) is 7.84. The maximum Gasteiger partial charge on any atom is 0.252 e. The Kier molecular flexibility index (Phi) is 5.10. The molecule has 1 heterocycles. The van der Waals surface area contributed by atoms with Gasteiger partial charge in [0.2, 0.25) is 0 Å². The summed E-state index contributed by atoms with van der Waals surface area (Å²) in [4.78, 5) is 13.8. The molecule has 4 heteroatoms. The number of hydrogen-bond donors (Lipinski definition) is 2. The summed E-state index contributed by atoms with van der Waals surface area (Å²) in [6.07, 6.45) is 3.66. The summed E-state index contributed by atoms with van der Waals surface area (Å²) in [5, 5.41) is 14.6. The van der Waals surface area contributed by atoms with E-state index in [-0.39, 0.29) is 17.4 Å². The molecule has 0 fully saturated rings. The molecule has 118 valence electrons. The van der Waals surface area contributed by atoms with Gasteiger partial charge in [0.15, 0.2) is 0 Å². The van der Waals surface area contributed by atoms with Crippen molar-refractivity contribution in [3.05, 3.63) is 21.4 Å². The average Bonchev–Trinajstić information content (AvgIpc) is 2.77. The van der Waals surface area contributed by atoms with E-state index in [9.17, 15) is 9.90 Å². The molecule has 0 saturated heterocycles. The van der Waals surface area contributed by atoms with Gasteiger partial charge in [0.25, 0.3) is 5.91 Å². The van der Waals surface area contributed by atoms with Crippen molar-refractivity contribution in [3.63, 3.8) is 0 Å². The summed E-state index contributed by atoms with van der Waals surface area (Å²) in [6.45, 7) is 8.81. The monoisotopic (exact) mass is 309 g/mol. The zero-order valence-electron chi connectivity index (χ0n) is 13.5. The molecule has 0 bridgehead atoms. The van der Waals surface area contributed by atoms with Crippen LogP contribution in [0.3, 0.4) is 0 Å². The zero-order chi connectivity index (χ0) is 15.6. The van der Waals surface area contributed by atoms with Crippen LogP contribution in [0, 0.1) is 11.3 Å². The fourth-order valence-electron chi connectivity index (χ4n) is 3.15. The highest BCUT2D eigenvalue weighted by atomic mass is 32.1. The van der Waals surface area contributed by atoms with Gasteiger partial charge in [-0.25, -0.2) is 0 Å². The summed E-state index contributed by atoms with van der Waals surface area (Å²) in [7, 11) is 0. The van der Waals surface area contributed by atoms with E-state index in [1.807, 2.05) is 5.38 Å². The first kappa shape index (κ1) is 16.5. The number of thiophene rings is 1. The molecule has 0 aliphatic heterocycles. The molecular formula is C17H27NO2S. The standard InChI is InChI=1S/C17H27NO2S/c1-11-5-6-13-14(9-21-15(13)7-11)16(20)18-10-17(3,4)8-12(2)19/h9,11-12,19H,5-8,10H2,1-4H3,(H,18,20). The van der Waals surface area contributed by atoms with Crippen LogP contribution >= 0.6 is 11.3 Å². The van der Waals surface area contributed by atoms with Crippen LogP contribution in [0.4, 0.5) is 0 Å². The molecule has 0 saturated carbocycles. The summed E-state index contributed by atoms with van der Waals surface area (Å²) >= 11 is 1.73. The lowest BCUT2D eigenvalue weighted by atomic mass is 9.86. The molecule has 2 unspecified atom stereocenters. The Labute approximate surface area is 131 Å². The molecule has 2 N–H and O–H groups in total. The van der Waals surface area contributed by atoms with Crippen molar-refractivity contribution in [2.24, 2.45) is 11.3 Å². The highest BCUT2D eigenvalue weighted by Gasteiger charge is 2.25. The smallest absolute Gasteiger partial charge is 0.252 e. The SMILES string of the molecule is CC(O)CC(C)(C)CNC(=O)c1csc2c1CCC(C)C2. The number of rotatable bonds is 5. The molecule has 1 aliphatic rings. The Hall–Kier alpha value is -0.870. The molecule has 0 spiro atoms. The molecule has 1 aromatic heterocycles. The van der Waals surface area contributed by atoms with E-state index in [0.717, 1.165) is 24.3 Å². The van der Waals surface area contributed by atoms with Crippen LogP contribution < -0.4 is 5.32 Å². The van der Waals surface area contributed by atoms with Crippen molar-refractivity contribution in [3.8, 4) is 0 Å². The second-order valence-electron chi connectivity index (χ2n) is 7.30. The van der Waals surface area contributed by atoms with Crippen molar-refractivity contribution < 1.29 is 9.90 Å². The summed E-state index contributed by atoms with van der Waals surface area (Å²) < 4.78 is 0. The van der Waals surface area contributed by atoms with Crippen LogP contribution in [0.2, 0.25) is 0 Å². The van der Waals surface area contributed by atoms with Gasteiger partial charge in [-0.15, -0.1) is 11.3 Å². The number of nitrogens with one attached hydrogen (secondary N) is 1. The van der Waals surface area contributed by atoms with Crippen molar-refractivity contribution in [2.45, 2.75) is 59.5 Å². The minimum absolute atomic E-state index is 0.0423. The maximum absolute atomic E-state index is 12.4. The third-order valence-corrected chi connectivity index (χ3v) is 5.27. The molecular weight excluding hydrogens is 282 g/mol. The van der Waals surface area contributed by atoms with Gasteiger partial charge in [-0.1, -0.05) is 20.8 Å². The van der Waals surface area contributed by atoms with Gasteiger partial charge < -0.3 is 10.4 Å². The quantitative estimate of drug-likeness (QED) is 0.876. The topological polar surface area (TPSA) is 49.3 Å². The Morgan fingerprint density at radius 3 is 2.95 bits per heavy atom. The summed E-state index contributed by atoms with van der Waals surface area (Å²) in [5.74, 6) is 0.776. The van der Waals surface area contributed by atoms with Crippen LogP contribution in [-0.2, 0) is 12.8 Å². The molecule has 3 nitrogen and oxygen atoms in total. The Morgan fingerprint density at radius 2 is 2.29 bits per heavy atom. The first-order valence-corrected chi connectivity index (χ1v) is 8.72. The van der Waals surface area contributed by atoms with E-state index in [1.165, 1.54) is 16.9 Å². The molecule has 0 radical (unpaired) electrons. The van der Waals surface area contributed by atoms with Crippen LogP contribution in [0.5, 0.6) is 0 Å². The van der Waals surface area contributed by atoms with Gasteiger partial charge in [-0.3, -0.25) is 4.79 Å². The number of aliphatic hydroxyl groups is 1. The van der Waals surface area contributed by atoms with Gasteiger partial charge in [-0.2, -0.15) is 0 Å². The Morgan fingerprint density at radius 1 is 1.57 bits per heavy atom. The molecule has 1 amide bonds. The Balaban J connectivity index is 1.99. The fourth-order valence-corrected chi connectivity index (χ4v) is 4.40. The second-order valence-corrected chi connectivity index (χ2v) is 8.26. The van der Waals surface area contributed by atoms with Crippen molar-refractivity contribution in [1.82, 2.24) is 5.32 Å². The molecule has 2 atom stereocenters. The molecule has 1 aliphatic carbocycles.